The van der Waals surface area contributed by atoms with E-state index in [2.05, 4.69) is 50.5 Å². The summed E-state index contributed by atoms with van der Waals surface area (Å²) in [6.45, 7) is 6.56. The molecular formula is C22H22N6OS. The molecule has 0 saturated heterocycles. The van der Waals surface area contributed by atoms with Gasteiger partial charge in [-0.25, -0.2) is 19.7 Å². The zero-order valence-electron chi connectivity index (χ0n) is 17.0. The first-order valence-corrected chi connectivity index (χ1v) is 10.6. The molecule has 2 amide bonds. The summed E-state index contributed by atoms with van der Waals surface area (Å²) in [5, 5.41) is 6.06. The Morgan fingerprint density at radius 1 is 1.10 bits per heavy atom. The van der Waals surface area contributed by atoms with Gasteiger partial charge in [-0.15, -0.1) is 0 Å². The molecule has 0 aliphatic heterocycles. The highest BCUT2D eigenvalue weighted by Gasteiger charge is 2.15. The largest absolute Gasteiger partial charge is 0.338 e. The number of hydrogen-bond acceptors (Lipinski definition) is 6. The summed E-state index contributed by atoms with van der Waals surface area (Å²) < 4.78 is 0.962. The number of thiazole rings is 1. The number of nitrogens with one attached hydrogen (secondary N) is 2. The molecule has 0 aliphatic carbocycles. The number of rotatable bonds is 5. The van der Waals surface area contributed by atoms with Crippen LogP contribution >= 0.6 is 11.3 Å². The second kappa shape index (κ2) is 8.54. The Bertz CT molecular complexity index is 1170. The van der Waals surface area contributed by atoms with Crippen LogP contribution in [-0.4, -0.2) is 32.5 Å². The molecule has 0 unspecified atom stereocenters. The Balaban J connectivity index is 1.82. The summed E-state index contributed by atoms with van der Waals surface area (Å²) in [4.78, 5) is 30.1. The number of aromatic nitrogens is 4. The lowest BCUT2D eigenvalue weighted by atomic mass is 10.0. The maximum absolute atomic E-state index is 11.9. The van der Waals surface area contributed by atoms with Crippen molar-refractivity contribution < 1.29 is 4.79 Å². The monoisotopic (exact) mass is 418 g/mol. The van der Waals surface area contributed by atoms with Crippen molar-refractivity contribution in [2.24, 2.45) is 0 Å². The Morgan fingerprint density at radius 2 is 1.90 bits per heavy atom. The minimum atomic E-state index is -0.270. The van der Waals surface area contributed by atoms with Gasteiger partial charge in [-0.1, -0.05) is 31.3 Å². The Kier molecular flexibility index (Phi) is 5.67. The lowest BCUT2D eigenvalue weighted by Crippen LogP contribution is -2.28. The van der Waals surface area contributed by atoms with Gasteiger partial charge in [0.25, 0.3) is 0 Å². The maximum Gasteiger partial charge on any atom is 0.321 e. The normalized spacial score (nSPS) is 11.1. The van der Waals surface area contributed by atoms with Crippen LogP contribution in [0.25, 0.3) is 32.6 Å². The Morgan fingerprint density at radius 3 is 2.57 bits per heavy atom. The van der Waals surface area contributed by atoms with Crippen LogP contribution in [0.1, 0.15) is 32.5 Å². The zero-order chi connectivity index (χ0) is 21.1. The molecule has 2 N–H and O–H groups in total. The molecule has 152 valence electrons. The lowest BCUT2D eigenvalue weighted by molar-refractivity contribution is 0.252. The second-order valence-corrected chi connectivity index (χ2v) is 8.07. The predicted molar refractivity (Wildman–Crippen MR) is 121 cm³/mol. The number of benzene rings is 1. The molecule has 0 aliphatic rings. The summed E-state index contributed by atoms with van der Waals surface area (Å²) in [5.74, 6) is 1.08. The van der Waals surface area contributed by atoms with Gasteiger partial charge < -0.3 is 5.32 Å². The van der Waals surface area contributed by atoms with Crippen LogP contribution in [0.3, 0.4) is 0 Å². The average Bonchev–Trinajstić information content (AvgIpc) is 3.16. The van der Waals surface area contributed by atoms with E-state index < -0.39 is 0 Å². The topological polar surface area (TPSA) is 92.7 Å². The molecule has 0 bridgehead atoms. The van der Waals surface area contributed by atoms with Crippen molar-refractivity contribution in [1.82, 2.24) is 25.3 Å². The van der Waals surface area contributed by atoms with E-state index in [1.54, 1.807) is 6.20 Å². The summed E-state index contributed by atoms with van der Waals surface area (Å²) in [7, 11) is 0. The van der Waals surface area contributed by atoms with Gasteiger partial charge in [0, 0.05) is 42.2 Å². The van der Waals surface area contributed by atoms with Crippen LogP contribution in [0.2, 0.25) is 0 Å². The predicted octanol–water partition coefficient (Wildman–Crippen LogP) is 5.08. The number of carbonyl (C=O) groups is 1. The molecule has 1 aromatic carbocycles. The number of carbonyl (C=O) groups excluding carboxylic acids is 1. The van der Waals surface area contributed by atoms with E-state index in [-0.39, 0.29) is 11.9 Å². The summed E-state index contributed by atoms with van der Waals surface area (Å²) in [6, 6.07) is 9.61. The fraction of sp³-hybridized carbons (Fsp3) is 0.227. The lowest BCUT2D eigenvalue weighted by Gasteiger charge is -2.08. The van der Waals surface area contributed by atoms with E-state index in [0.717, 1.165) is 38.4 Å². The number of amides is 2. The van der Waals surface area contributed by atoms with Crippen LogP contribution in [0, 0.1) is 0 Å². The molecule has 4 aromatic rings. The fourth-order valence-electron chi connectivity index (χ4n) is 3.05. The van der Waals surface area contributed by atoms with Gasteiger partial charge in [0.2, 0.25) is 0 Å². The summed E-state index contributed by atoms with van der Waals surface area (Å²) >= 11 is 1.43. The van der Waals surface area contributed by atoms with Gasteiger partial charge in [-0.05, 0) is 36.8 Å². The Hall–Kier alpha value is -3.39. The standard InChI is InChI=1S/C22H22N6OS/c1-4-23-21(29)28-22-27-18-10-14(15-11-25-20(13(2)3)26-12-15)9-16(19(18)30-22)17-7-5-6-8-24-17/h5-13H,4H2,1-3H3,(H2,23,27,28,29). The summed E-state index contributed by atoms with van der Waals surface area (Å²) in [5.41, 5.74) is 4.45. The molecule has 0 saturated carbocycles. The molecule has 7 nitrogen and oxygen atoms in total. The van der Waals surface area contributed by atoms with Gasteiger partial charge >= 0.3 is 6.03 Å². The van der Waals surface area contributed by atoms with E-state index in [0.29, 0.717) is 11.7 Å². The van der Waals surface area contributed by atoms with Gasteiger partial charge in [-0.3, -0.25) is 10.3 Å². The molecular weight excluding hydrogens is 396 g/mol. The molecule has 4 rings (SSSR count). The highest BCUT2D eigenvalue weighted by Crippen LogP contribution is 2.38. The third kappa shape index (κ3) is 4.13. The van der Waals surface area contributed by atoms with E-state index >= 15 is 0 Å². The fourth-order valence-corrected chi connectivity index (χ4v) is 4.02. The summed E-state index contributed by atoms with van der Waals surface area (Å²) in [6.07, 6.45) is 5.45. The number of hydrogen-bond donors (Lipinski definition) is 2. The molecule has 3 aromatic heterocycles. The smallest absolute Gasteiger partial charge is 0.321 e. The van der Waals surface area contributed by atoms with E-state index in [1.165, 1.54) is 11.3 Å². The second-order valence-electron chi connectivity index (χ2n) is 7.08. The van der Waals surface area contributed by atoms with Crippen LogP contribution in [0.5, 0.6) is 0 Å². The van der Waals surface area contributed by atoms with Gasteiger partial charge in [0.1, 0.15) is 5.82 Å². The Labute approximate surface area is 178 Å². The number of pyridine rings is 1. The van der Waals surface area contributed by atoms with Crippen molar-refractivity contribution in [3.8, 4) is 22.4 Å². The zero-order valence-corrected chi connectivity index (χ0v) is 17.8. The number of anilines is 1. The molecule has 0 spiro atoms. The third-order valence-electron chi connectivity index (χ3n) is 4.51. The van der Waals surface area contributed by atoms with E-state index in [9.17, 15) is 4.79 Å². The first-order valence-electron chi connectivity index (χ1n) is 9.78. The number of urea groups is 1. The first-order chi connectivity index (χ1) is 14.5. The van der Waals surface area contributed by atoms with E-state index in [1.807, 2.05) is 43.6 Å². The number of fused-ring (bicyclic) bond motifs is 1. The molecule has 0 radical (unpaired) electrons. The number of nitrogens with zero attached hydrogens (tertiary/aromatic N) is 4. The van der Waals surface area contributed by atoms with Crippen molar-refractivity contribution in [2.45, 2.75) is 26.7 Å². The third-order valence-corrected chi connectivity index (χ3v) is 5.53. The first kappa shape index (κ1) is 19.9. The van der Waals surface area contributed by atoms with Crippen molar-refractivity contribution in [1.29, 1.82) is 0 Å². The van der Waals surface area contributed by atoms with Crippen molar-refractivity contribution in [3.63, 3.8) is 0 Å². The minimum absolute atomic E-state index is 0.270. The molecule has 0 atom stereocenters. The highest BCUT2D eigenvalue weighted by atomic mass is 32.1. The van der Waals surface area contributed by atoms with Crippen molar-refractivity contribution in [2.75, 3.05) is 11.9 Å². The molecule has 0 fully saturated rings. The van der Waals surface area contributed by atoms with Crippen molar-refractivity contribution in [3.05, 3.63) is 54.7 Å². The maximum atomic E-state index is 11.9. The van der Waals surface area contributed by atoms with Gasteiger partial charge in [0.15, 0.2) is 5.13 Å². The SMILES string of the molecule is CCNC(=O)Nc1nc2cc(-c3cnc(C(C)C)nc3)cc(-c3ccccn3)c2s1. The van der Waals surface area contributed by atoms with Gasteiger partial charge in [0.05, 0.1) is 15.9 Å². The van der Waals surface area contributed by atoms with Crippen molar-refractivity contribution >= 4 is 32.7 Å². The average molecular weight is 419 g/mol. The molecule has 30 heavy (non-hydrogen) atoms. The van der Waals surface area contributed by atoms with Crippen LogP contribution in [0.4, 0.5) is 9.93 Å². The van der Waals surface area contributed by atoms with Crippen LogP contribution in [-0.2, 0) is 0 Å². The van der Waals surface area contributed by atoms with E-state index in [4.69, 9.17) is 0 Å². The minimum Gasteiger partial charge on any atom is -0.338 e. The quantitative estimate of drug-likeness (QED) is 0.471. The molecule has 8 heteroatoms. The van der Waals surface area contributed by atoms with Crippen LogP contribution in [0.15, 0.2) is 48.9 Å². The van der Waals surface area contributed by atoms with Gasteiger partial charge in [-0.2, -0.15) is 0 Å². The molecule has 3 heterocycles. The highest BCUT2D eigenvalue weighted by molar-refractivity contribution is 7.22. The van der Waals surface area contributed by atoms with Crippen LogP contribution < -0.4 is 10.6 Å².